The number of fused-ring (bicyclic) bond motifs is 1. The number of rotatable bonds is 5. The molecular weight excluding hydrogens is 360 g/mol. The van der Waals surface area contributed by atoms with Crippen molar-refractivity contribution >= 4 is 39.1 Å². The van der Waals surface area contributed by atoms with E-state index in [0.29, 0.717) is 21.8 Å². The number of aromatic nitrogens is 2. The van der Waals surface area contributed by atoms with Gasteiger partial charge in [-0.3, -0.25) is 9.36 Å². The Morgan fingerprint density at radius 2 is 2.08 bits per heavy atom. The first-order valence-corrected chi connectivity index (χ1v) is 9.19. The third-order valence-electron chi connectivity index (χ3n) is 3.88. The molecule has 0 aliphatic heterocycles. The molecule has 0 amide bonds. The molecule has 7 heteroatoms. The molecule has 5 nitrogen and oxygen atoms in total. The van der Waals surface area contributed by atoms with E-state index in [9.17, 15) is 9.59 Å². The summed E-state index contributed by atoms with van der Waals surface area (Å²) in [6, 6.07) is 6.55. The molecule has 0 N–H and O–H groups in total. The molecular formula is C18H17ClN2O3S. The van der Waals surface area contributed by atoms with E-state index in [-0.39, 0.29) is 5.56 Å². The van der Waals surface area contributed by atoms with Gasteiger partial charge in [0.25, 0.3) is 5.56 Å². The van der Waals surface area contributed by atoms with Crippen molar-refractivity contribution in [2.24, 2.45) is 0 Å². The molecule has 0 aliphatic carbocycles. The number of carbonyl (C=O) groups excluding carboxylic acids is 1. The predicted molar refractivity (Wildman–Crippen MR) is 100 cm³/mol. The molecule has 25 heavy (non-hydrogen) atoms. The van der Waals surface area contributed by atoms with Crippen molar-refractivity contribution in [2.45, 2.75) is 26.3 Å². The zero-order valence-corrected chi connectivity index (χ0v) is 15.4. The predicted octanol–water partition coefficient (Wildman–Crippen LogP) is 4.29. The quantitative estimate of drug-likeness (QED) is 0.623. The molecule has 0 bridgehead atoms. The number of esters is 1. The van der Waals surface area contributed by atoms with Crippen LogP contribution in [0.15, 0.2) is 40.8 Å². The first-order chi connectivity index (χ1) is 12.0. The van der Waals surface area contributed by atoms with Crippen molar-refractivity contribution in [1.29, 1.82) is 0 Å². The van der Waals surface area contributed by atoms with Gasteiger partial charge < -0.3 is 4.74 Å². The van der Waals surface area contributed by atoms with Gasteiger partial charge in [0.2, 0.25) is 0 Å². The third-order valence-corrected chi connectivity index (χ3v) is 5.02. The SMILES string of the molecule is CCCOC(=O)[C@H](C)n1cnc2scc(-c3ccc(Cl)cc3)c2c1=O. The van der Waals surface area contributed by atoms with Crippen LogP contribution in [0.5, 0.6) is 0 Å². The van der Waals surface area contributed by atoms with Gasteiger partial charge in [0.15, 0.2) is 0 Å². The highest BCUT2D eigenvalue weighted by molar-refractivity contribution is 7.17. The summed E-state index contributed by atoms with van der Waals surface area (Å²) in [5.74, 6) is -0.437. The fourth-order valence-corrected chi connectivity index (χ4v) is 3.53. The van der Waals surface area contributed by atoms with E-state index in [2.05, 4.69) is 4.98 Å². The fraction of sp³-hybridized carbons (Fsp3) is 0.278. The van der Waals surface area contributed by atoms with Crippen LogP contribution in [-0.4, -0.2) is 22.1 Å². The van der Waals surface area contributed by atoms with Crippen LogP contribution in [0.4, 0.5) is 0 Å². The summed E-state index contributed by atoms with van der Waals surface area (Å²) in [6.45, 7) is 3.89. The Morgan fingerprint density at radius 1 is 1.36 bits per heavy atom. The molecule has 3 aromatic rings. The second kappa shape index (κ2) is 7.37. The first-order valence-electron chi connectivity index (χ1n) is 7.93. The highest BCUT2D eigenvalue weighted by atomic mass is 35.5. The van der Waals surface area contributed by atoms with Gasteiger partial charge in [0, 0.05) is 16.0 Å². The van der Waals surface area contributed by atoms with Crippen molar-refractivity contribution < 1.29 is 9.53 Å². The Morgan fingerprint density at radius 3 is 2.76 bits per heavy atom. The van der Waals surface area contributed by atoms with Crippen LogP contribution in [0.1, 0.15) is 26.3 Å². The van der Waals surface area contributed by atoms with E-state index in [1.807, 2.05) is 24.4 Å². The lowest BCUT2D eigenvalue weighted by atomic mass is 10.1. The van der Waals surface area contributed by atoms with Gasteiger partial charge >= 0.3 is 5.97 Å². The minimum atomic E-state index is -0.728. The number of benzene rings is 1. The molecule has 3 rings (SSSR count). The Labute approximate surface area is 153 Å². The van der Waals surface area contributed by atoms with Crippen LogP contribution < -0.4 is 5.56 Å². The Hall–Kier alpha value is -2.18. The number of nitrogens with zero attached hydrogens (tertiary/aromatic N) is 2. The van der Waals surface area contributed by atoms with Crippen LogP contribution >= 0.6 is 22.9 Å². The van der Waals surface area contributed by atoms with Gasteiger partial charge in [-0.1, -0.05) is 30.7 Å². The van der Waals surface area contributed by atoms with E-state index in [1.54, 1.807) is 19.1 Å². The Balaban J connectivity index is 2.07. The number of halogens is 1. The van der Waals surface area contributed by atoms with E-state index in [0.717, 1.165) is 17.5 Å². The minimum Gasteiger partial charge on any atom is -0.464 e. The normalized spacial score (nSPS) is 12.3. The average molecular weight is 377 g/mol. The van der Waals surface area contributed by atoms with Gasteiger partial charge in [-0.25, -0.2) is 9.78 Å². The number of ether oxygens (including phenoxy) is 1. The lowest BCUT2D eigenvalue weighted by Crippen LogP contribution is -2.29. The number of hydrogen-bond acceptors (Lipinski definition) is 5. The van der Waals surface area contributed by atoms with Crippen molar-refractivity contribution in [3.63, 3.8) is 0 Å². The number of hydrogen-bond donors (Lipinski definition) is 0. The lowest BCUT2D eigenvalue weighted by molar-refractivity contribution is -0.147. The maximum atomic E-state index is 13.0. The lowest BCUT2D eigenvalue weighted by Gasteiger charge is -2.14. The highest BCUT2D eigenvalue weighted by Crippen LogP contribution is 2.31. The van der Waals surface area contributed by atoms with E-state index in [1.165, 1.54) is 22.2 Å². The summed E-state index contributed by atoms with van der Waals surface area (Å²) in [6.07, 6.45) is 2.14. The van der Waals surface area contributed by atoms with Crippen molar-refractivity contribution in [2.75, 3.05) is 6.61 Å². The topological polar surface area (TPSA) is 61.2 Å². The van der Waals surface area contributed by atoms with E-state index >= 15 is 0 Å². The summed E-state index contributed by atoms with van der Waals surface area (Å²) < 4.78 is 6.47. The molecule has 2 aromatic heterocycles. The van der Waals surface area contributed by atoms with Crippen LogP contribution in [0.3, 0.4) is 0 Å². The van der Waals surface area contributed by atoms with Crippen LogP contribution in [0.2, 0.25) is 5.02 Å². The van der Waals surface area contributed by atoms with E-state index < -0.39 is 12.0 Å². The fourth-order valence-electron chi connectivity index (χ4n) is 2.50. The Kier molecular flexibility index (Phi) is 5.20. The molecule has 0 radical (unpaired) electrons. The van der Waals surface area contributed by atoms with Crippen molar-refractivity contribution in [3.8, 4) is 11.1 Å². The molecule has 0 fully saturated rings. The van der Waals surface area contributed by atoms with Gasteiger partial charge in [-0.05, 0) is 31.0 Å². The minimum absolute atomic E-state index is 0.253. The van der Waals surface area contributed by atoms with Crippen molar-refractivity contribution in [1.82, 2.24) is 9.55 Å². The number of carbonyl (C=O) groups is 1. The monoisotopic (exact) mass is 376 g/mol. The van der Waals surface area contributed by atoms with Gasteiger partial charge in [0.1, 0.15) is 10.9 Å². The third kappa shape index (κ3) is 3.45. The largest absolute Gasteiger partial charge is 0.464 e. The zero-order valence-electron chi connectivity index (χ0n) is 13.9. The van der Waals surface area contributed by atoms with Crippen LogP contribution in [0.25, 0.3) is 21.3 Å². The van der Waals surface area contributed by atoms with Crippen LogP contribution in [-0.2, 0) is 9.53 Å². The van der Waals surface area contributed by atoms with Crippen LogP contribution in [0, 0.1) is 0 Å². The molecule has 0 saturated carbocycles. The summed E-state index contributed by atoms with van der Waals surface area (Å²) in [5, 5.41) is 3.03. The summed E-state index contributed by atoms with van der Waals surface area (Å²) >= 11 is 7.34. The number of thiophene rings is 1. The van der Waals surface area contributed by atoms with E-state index in [4.69, 9.17) is 16.3 Å². The molecule has 2 heterocycles. The standard InChI is InChI=1S/C18H17ClN2O3S/c1-3-8-24-18(23)11(2)21-10-20-16-15(17(21)22)14(9-25-16)12-4-6-13(19)7-5-12/h4-7,9-11H,3,8H2,1-2H3/t11-/m0/s1. The second-order valence-corrected chi connectivity index (χ2v) is 6.93. The van der Waals surface area contributed by atoms with Crippen molar-refractivity contribution in [3.05, 3.63) is 51.3 Å². The average Bonchev–Trinajstić information content (AvgIpc) is 3.05. The summed E-state index contributed by atoms with van der Waals surface area (Å²) in [5.41, 5.74) is 1.42. The van der Waals surface area contributed by atoms with Gasteiger partial charge in [-0.15, -0.1) is 11.3 Å². The first kappa shape index (κ1) is 17.6. The summed E-state index contributed by atoms with van der Waals surface area (Å²) in [7, 11) is 0. The molecule has 130 valence electrons. The highest BCUT2D eigenvalue weighted by Gasteiger charge is 2.21. The molecule has 0 saturated heterocycles. The maximum Gasteiger partial charge on any atom is 0.328 e. The summed E-state index contributed by atoms with van der Waals surface area (Å²) in [4.78, 5) is 30.0. The molecule has 0 spiro atoms. The smallest absolute Gasteiger partial charge is 0.328 e. The zero-order chi connectivity index (χ0) is 18.0. The maximum absolute atomic E-state index is 13.0. The second-order valence-electron chi connectivity index (χ2n) is 5.64. The molecule has 1 aromatic carbocycles. The van der Waals surface area contributed by atoms with Gasteiger partial charge in [0.05, 0.1) is 18.3 Å². The van der Waals surface area contributed by atoms with Gasteiger partial charge in [-0.2, -0.15) is 0 Å². The molecule has 1 atom stereocenters. The molecule has 0 aliphatic rings. The molecule has 0 unspecified atom stereocenters. The Bertz CT molecular complexity index is 963.